The highest BCUT2D eigenvalue weighted by molar-refractivity contribution is 5.94. The lowest BCUT2D eigenvalue weighted by Crippen LogP contribution is -2.34. The summed E-state index contributed by atoms with van der Waals surface area (Å²) < 4.78 is 11.8. The van der Waals surface area contributed by atoms with Crippen LogP contribution >= 0.6 is 0 Å². The van der Waals surface area contributed by atoms with E-state index in [1.807, 2.05) is 78.9 Å². The van der Waals surface area contributed by atoms with E-state index in [9.17, 15) is 14.7 Å². The van der Waals surface area contributed by atoms with Crippen LogP contribution in [0.5, 0.6) is 11.6 Å². The number of nitrogens with one attached hydrogen (secondary N) is 1. The minimum absolute atomic E-state index is 0.0649. The van der Waals surface area contributed by atoms with Crippen molar-refractivity contribution in [2.24, 2.45) is 5.41 Å². The SMILES string of the molecule is CCC(CC)(CC(=O)Nc1cccc(/C=C/c2cccc(OCCCCc3ccc(OCCc4ccccc4)cc3)n2)c1)C(=O)O. The summed E-state index contributed by atoms with van der Waals surface area (Å²) in [7, 11) is 0. The van der Waals surface area contributed by atoms with E-state index in [0.717, 1.165) is 42.7 Å². The van der Waals surface area contributed by atoms with Gasteiger partial charge in [-0.25, -0.2) is 4.98 Å². The molecule has 0 aliphatic carbocycles. The summed E-state index contributed by atoms with van der Waals surface area (Å²) in [4.78, 5) is 29.0. The molecule has 7 nitrogen and oxygen atoms in total. The fourth-order valence-corrected chi connectivity index (χ4v) is 5.19. The second-order valence-corrected chi connectivity index (χ2v) is 11.4. The van der Waals surface area contributed by atoms with Crippen LogP contribution in [0.2, 0.25) is 0 Å². The number of hydrogen-bond donors (Lipinski definition) is 2. The Balaban J connectivity index is 1.18. The number of pyridine rings is 1. The van der Waals surface area contributed by atoms with E-state index in [0.29, 0.717) is 37.6 Å². The van der Waals surface area contributed by atoms with Crippen LogP contribution in [0.1, 0.15) is 68.3 Å². The number of carboxylic acids is 1. The first-order valence-electron chi connectivity index (χ1n) is 16.1. The molecule has 1 aromatic heterocycles. The van der Waals surface area contributed by atoms with Gasteiger partial charge in [-0.15, -0.1) is 0 Å². The van der Waals surface area contributed by atoms with Crippen molar-refractivity contribution >= 4 is 29.7 Å². The van der Waals surface area contributed by atoms with Crippen LogP contribution in [0.4, 0.5) is 5.69 Å². The summed E-state index contributed by atoms with van der Waals surface area (Å²) in [6.07, 6.45) is 8.33. The zero-order valence-electron chi connectivity index (χ0n) is 26.8. The normalized spacial score (nSPS) is 11.3. The summed E-state index contributed by atoms with van der Waals surface area (Å²) in [6, 6.07) is 31.8. The van der Waals surface area contributed by atoms with Gasteiger partial charge in [0.1, 0.15) is 5.75 Å². The zero-order chi connectivity index (χ0) is 32.6. The molecule has 3 aromatic carbocycles. The molecule has 1 amide bonds. The van der Waals surface area contributed by atoms with E-state index in [-0.39, 0.29) is 12.3 Å². The van der Waals surface area contributed by atoms with Gasteiger partial charge in [-0.2, -0.15) is 0 Å². The molecule has 2 N–H and O–H groups in total. The number of carboxylic acid groups (broad SMARTS) is 1. The zero-order valence-corrected chi connectivity index (χ0v) is 26.8. The van der Waals surface area contributed by atoms with Crippen LogP contribution in [-0.2, 0) is 22.4 Å². The Kier molecular flexibility index (Phi) is 13.0. The quantitative estimate of drug-likeness (QED) is 0.108. The third-order valence-corrected chi connectivity index (χ3v) is 8.20. The number of aliphatic carboxylic acids is 1. The predicted octanol–water partition coefficient (Wildman–Crippen LogP) is 8.49. The van der Waals surface area contributed by atoms with Crippen LogP contribution < -0.4 is 14.8 Å². The Morgan fingerprint density at radius 3 is 2.26 bits per heavy atom. The number of carbonyl (C=O) groups is 2. The number of hydrogen-bond acceptors (Lipinski definition) is 5. The summed E-state index contributed by atoms with van der Waals surface area (Å²) >= 11 is 0. The van der Waals surface area contributed by atoms with E-state index in [1.54, 1.807) is 19.9 Å². The number of unbranched alkanes of at least 4 members (excludes halogenated alkanes) is 1. The lowest BCUT2D eigenvalue weighted by molar-refractivity contribution is -0.151. The first kappa shape index (κ1) is 34.0. The van der Waals surface area contributed by atoms with Gasteiger partial charge < -0.3 is 19.9 Å². The fourth-order valence-electron chi connectivity index (χ4n) is 5.19. The third-order valence-electron chi connectivity index (χ3n) is 8.20. The van der Waals surface area contributed by atoms with Crippen molar-refractivity contribution < 1.29 is 24.2 Å². The highest BCUT2D eigenvalue weighted by atomic mass is 16.5. The molecule has 240 valence electrons. The van der Waals surface area contributed by atoms with Crippen LogP contribution in [0.3, 0.4) is 0 Å². The number of nitrogens with zero attached hydrogens (tertiary/aromatic N) is 1. The number of ether oxygens (including phenoxy) is 2. The third kappa shape index (κ3) is 10.6. The summed E-state index contributed by atoms with van der Waals surface area (Å²) in [6.45, 7) is 4.85. The van der Waals surface area contributed by atoms with Crippen molar-refractivity contribution in [3.63, 3.8) is 0 Å². The van der Waals surface area contributed by atoms with Crippen molar-refractivity contribution in [2.75, 3.05) is 18.5 Å². The molecule has 7 heteroatoms. The second kappa shape index (κ2) is 17.5. The Morgan fingerprint density at radius 1 is 0.783 bits per heavy atom. The maximum absolute atomic E-state index is 12.6. The highest BCUT2D eigenvalue weighted by Gasteiger charge is 2.37. The molecule has 0 aliphatic heterocycles. The Morgan fingerprint density at radius 2 is 1.52 bits per heavy atom. The molecule has 46 heavy (non-hydrogen) atoms. The molecule has 0 bridgehead atoms. The summed E-state index contributed by atoms with van der Waals surface area (Å²) in [5.74, 6) is 0.223. The van der Waals surface area contributed by atoms with Crippen LogP contribution in [0.15, 0.2) is 97.1 Å². The Hall–Kier alpha value is -4.91. The molecule has 0 saturated carbocycles. The molecule has 0 saturated heterocycles. The minimum Gasteiger partial charge on any atom is -0.493 e. The number of carbonyl (C=O) groups excluding carboxylic acids is 1. The van der Waals surface area contributed by atoms with Gasteiger partial charge in [-0.05, 0) is 85.2 Å². The monoisotopic (exact) mass is 620 g/mol. The predicted molar refractivity (Wildman–Crippen MR) is 184 cm³/mol. The minimum atomic E-state index is -1.05. The van der Waals surface area contributed by atoms with Gasteiger partial charge in [0.05, 0.1) is 24.3 Å². The summed E-state index contributed by atoms with van der Waals surface area (Å²) in [5, 5.41) is 12.5. The van der Waals surface area contributed by atoms with E-state index in [2.05, 4.69) is 34.6 Å². The summed E-state index contributed by atoms with van der Waals surface area (Å²) in [5.41, 5.74) is 3.76. The molecule has 0 fully saturated rings. The maximum Gasteiger partial charge on any atom is 0.310 e. The molecule has 4 rings (SSSR count). The number of anilines is 1. The van der Waals surface area contributed by atoms with Gasteiger partial charge in [-0.3, -0.25) is 9.59 Å². The molecule has 4 aromatic rings. The smallest absolute Gasteiger partial charge is 0.310 e. The number of aromatic nitrogens is 1. The standard InChI is InChI=1S/C39H44N2O5/c1-3-39(4-2,38(43)44)29-36(42)40-34-17-10-15-32(28-34)19-22-33-16-11-18-37(41-33)46-26-9-8-14-31-20-23-35(24-21-31)45-27-25-30-12-6-5-7-13-30/h5-7,10-13,15-24,28H,3-4,8-9,14,25-27,29H2,1-2H3,(H,40,42)(H,43,44)/b22-19+. The van der Waals surface area contributed by atoms with Crippen LogP contribution in [0.25, 0.3) is 12.2 Å². The van der Waals surface area contributed by atoms with Gasteiger partial charge in [0.15, 0.2) is 0 Å². The topological polar surface area (TPSA) is 97.8 Å². The van der Waals surface area contributed by atoms with Gasteiger partial charge in [0.25, 0.3) is 0 Å². The molecular weight excluding hydrogens is 576 g/mol. The van der Waals surface area contributed by atoms with Crippen LogP contribution in [-0.4, -0.2) is 35.2 Å². The highest BCUT2D eigenvalue weighted by Crippen LogP contribution is 2.31. The Labute approximate surface area is 272 Å². The van der Waals surface area contributed by atoms with E-state index >= 15 is 0 Å². The molecule has 1 heterocycles. The average molecular weight is 621 g/mol. The van der Waals surface area contributed by atoms with Crippen LogP contribution in [0, 0.1) is 5.41 Å². The molecule has 0 aliphatic rings. The molecular formula is C39H44N2O5. The van der Waals surface area contributed by atoms with E-state index in [4.69, 9.17) is 9.47 Å². The fraction of sp³-hybridized carbons (Fsp3) is 0.308. The number of aryl methyl sites for hydroxylation is 1. The van der Waals surface area contributed by atoms with Gasteiger partial charge in [0, 0.05) is 24.6 Å². The molecule has 0 atom stereocenters. The second-order valence-electron chi connectivity index (χ2n) is 11.4. The first-order valence-corrected chi connectivity index (χ1v) is 16.1. The van der Waals surface area contributed by atoms with Crippen molar-refractivity contribution in [1.82, 2.24) is 4.98 Å². The first-order chi connectivity index (χ1) is 22.4. The van der Waals surface area contributed by atoms with Crippen molar-refractivity contribution in [3.8, 4) is 11.6 Å². The largest absolute Gasteiger partial charge is 0.493 e. The van der Waals surface area contributed by atoms with Crippen molar-refractivity contribution in [2.45, 2.75) is 58.8 Å². The number of rotatable bonds is 18. The number of amides is 1. The van der Waals surface area contributed by atoms with Crippen molar-refractivity contribution in [3.05, 3.63) is 119 Å². The number of benzene rings is 3. The average Bonchev–Trinajstić information content (AvgIpc) is 3.07. The van der Waals surface area contributed by atoms with Gasteiger partial charge >= 0.3 is 5.97 Å². The lowest BCUT2D eigenvalue weighted by atomic mass is 9.79. The lowest BCUT2D eigenvalue weighted by Gasteiger charge is -2.25. The molecule has 0 spiro atoms. The van der Waals surface area contributed by atoms with Gasteiger partial charge in [-0.1, -0.05) is 80.6 Å². The van der Waals surface area contributed by atoms with Gasteiger partial charge in [0.2, 0.25) is 11.8 Å². The maximum atomic E-state index is 12.6. The van der Waals surface area contributed by atoms with E-state index < -0.39 is 11.4 Å². The van der Waals surface area contributed by atoms with E-state index in [1.165, 1.54) is 11.1 Å². The Bertz CT molecular complexity index is 1560. The molecule has 0 unspecified atom stereocenters. The van der Waals surface area contributed by atoms with Crippen molar-refractivity contribution in [1.29, 1.82) is 0 Å². The molecule has 0 radical (unpaired) electrons.